The lowest BCUT2D eigenvalue weighted by molar-refractivity contribution is -0.130. The molecule has 2 saturated heterocycles. The third-order valence-electron chi connectivity index (χ3n) is 4.35. The molecule has 1 N–H and O–H groups in total. The van der Waals surface area contributed by atoms with Gasteiger partial charge in [-0.15, -0.1) is 0 Å². The molecule has 2 fully saturated rings. The van der Waals surface area contributed by atoms with Gasteiger partial charge in [-0.3, -0.25) is 9.59 Å². The summed E-state index contributed by atoms with van der Waals surface area (Å²) in [4.78, 5) is 25.6. The van der Waals surface area contributed by atoms with Gasteiger partial charge in [0, 0.05) is 31.6 Å². The molecular formula is C17H20N2O2. The van der Waals surface area contributed by atoms with Gasteiger partial charge in [-0.1, -0.05) is 30.3 Å². The van der Waals surface area contributed by atoms with Gasteiger partial charge < -0.3 is 10.2 Å². The molecule has 0 aromatic heterocycles. The largest absolute Gasteiger partial charge is 0.353 e. The highest BCUT2D eigenvalue weighted by molar-refractivity contribution is 5.91. The molecule has 4 nitrogen and oxygen atoms in total. The lowest BCUT2D eigenvalue weighted by atomic mass is 9.85. The average molecular weight is 284 g/mol. The number of hydrogen-bond donors (Lipinski definition) is 1. The van der Waals surface area contributed by atoms with E-state index in [2.05, 4.69) is 5.32 Å². The number of carbonyl (C=O) groups excluding carboxylic acids is 2. The zero-order chi connectivity index (χ0) is 14.7. The van der Waals surface area contributed by atoms with Crippen LogP contribution in [0.1, 0.15) is 24.8 Å². The van der Waals surface area contributed by atoms with Crippen LogP contribution >= 0.6 is 0 Å². The van der Waals surface area contributed by atoms with Crippen LogP contribution in [0.5, 0.6) is 0 Å². The summed E-state index contributed by atoms with van der Waals surface area (Å²) in [5.41, 5.74) is 1.03. The third kappa shape index (κ3) is 3.32. The minimum Gasteiger partial charge on any atom is -0.353 e. The molecule has 0 saturated carbocycles. The van der Waals surface area contributed by atoms with Gasteiger partial charge in [0.2, 0.25) is 11.8 Å². The number of carbonyl (C=O) groups is 2. The number of nitrogens with one attached hydrogen (secondary N) is 1. The molecular weight excluding hydrogens is 264 g/mol. The Kier molecular flexibility index (Phi) is 4.04. The van der Waals surface area contributed by atoms with Crippen LogP contribution in [0.25, 0.3) is 6.08 Å². The van der Waals surface area contributed by atoms with Crippen LogP contribution in [0.15, 0.2) is 36.4 Å². The van der Waals surface area contributed by atoms with Gasteiger partial charge in [-0.05, 0) is 30.4 Å². The van der Waals surface area contributed by atoms with Crippen molar-refractivity contribution in [1.82, 2.24) is 10.2 Å². The van der Waals surface area contributed by atoms with Gasteiger partial charge in [0.05, 0.1) is 0 Å². The van der Waals surface area contributed by atoms with Gasteiger partial charge in [0.15, 0.2) is 0 Å². The van der Waals surface area contributed by atoms with Crippen molar-refractivity contribution in [2.45, 2.75) is 25.3 Å². The summed E-state index contributed by atoms with van der Waals surface area (Å²) in [6, 6.07) is 10.1. The van der Waals surface area contributed by atoms with E-state index in [9.17, 15) is 9.59 Å². The number of rotatable bonds is 2. The van der Waals surface area contributed by atoms with Crippen LogP contribution in [0.4, 0.5) is 0 Å². The van der Waals surface area contributed by atoms with Crippen LogP contribution in [0.3, 0.4) is 0 Å². The molecule has 21 heavy (non-hydrogen) atoms. The Bertz CT molecular complexity index is 553. The summed E-state index contributed by atoms with van der Waals surface area (Å²) < 4.78 is 0. The smallest absolute Gasteiger partial charge is 0.246 e. The van der Waals surface area contributed by atoms with Crippen LogP contribution in [-0.4, -0.2) is 35.8 Å². The first-order valence-electron chi connectivity index (χ1n) is 7.54. The Labute approximate surface area is 124 Å². The van der Waals surface area contributed by atoms with E-state index < -0.39 is 0 Å². The SMILES string of the molecule is O=C1CCC2CN(C(=O)/C=C/c3ccccc3)CCC2N1. The highest BCUT2D eigenvalue weighted by atomic mass is 16.2. The zero-order valence-electron chi connectivity index (χ0n) is 12.0. The first-order chi connectivity index (χ1) is 10.2. The molecule has 2 aliphatic rings. The van der Waals surface area contributed by atoms with E-state index in [4.69, 9.17) is 0 Å². The minimum atomic E-state index is 0.0641. The summed E-state index contributed by atoms with van der Waals surface area (Å²) in [6.07, 6.45) is 5.85. The lowest BCUT2D eigenvalue weighted by Gasteiger charge is -2.41. The molecule has 0 bridgehead atoms. The molecule has 110 valence electrons. The molecule has 2 atom stereocenters. The molecule has 1 aromatic carbocycles. The molecule has 2 heterocycles. The number of fused-ring (bicyclic) bond motifs is 1. The van der Waals surface area contributed by atoms with Gasteiger partial charge >= 0.3 is 0 Å². The Morgan fingerprint density at radius 2 is 2.05 bits per heavy atom. The van der Waals surface area contributed by atoms with Crippen LogP contribution in [0.2, 0.25) is 0 Å². The molecule has 2 amide bonds. The van der Waals surface area contributed by atoms with Crippen molar-refractivity contribution in [3.63, 3.8) is 0 Å². The number of nitrogens with zero attached hydrogens (tertiary/aromatic N) is 1. The van der Waals surface area contributed by atoms with E-state index in [0.717, 1.165) is 31.5 Å². The Morgan fingerprint density at radius 3 is 2.86 bits per heavy atom. The lowest BCUT2D eigenvalue weighted by Crippen LogP contribution is -2.54. The molecule has 1 aromatic rings. The second kappa shape index (κ2) is 6.12. The van der Waals surface area contributed by atoms with E-state index in [-0.39, 0.29) is 17.9 Å². The number of piperidine rings is 2. The molecule has 0 spiro atoms. The fourth-order valence-electron chi connectivity index (χ4n) is 3.15. The highest BCUT2D eigenvalue weighted by Gasteiger charge is 2.34. The van der Waals surface area contributed by atoms with Crippen molar-refractivity contribution in [2.75, 3.05) is 13.1 Å². The Morgan fingerprint density at radius 1 is 1.24 bits per heavy atom. The first-order valence-corrected chi connectivity index (χ1v) is 7.54. The highest BCUT2D eigenvalue weighted by Crippen LogP contribution is 2.25. The number of amides is 2. The van der Waals surface area contributed by atoms with Crippen molar-refractivity contribution >= 4 is 17.9 Å². The topological polar surface area (TPSA) is 49.4 Å². The van der Waals surface area contributed by atoms with Crippen molar-refractivity contribution in [3.8, 4) is 0 Å². The molecule has 4 heteroatoms. The van der Waals surface area contributed by atoms with E-state index >= 15 is 0 Å². The van der Waals surface area contributed by atoms with Crippen molar-refractivity contribution in [1.29, 1.82) is 0 Å². The molecule has 0 radical (unpaired) electrons. The number of hydrogen-bond acceptors (Lipinski definition) is 2. The summed E-state index contributed by atoms with van der Waals surface area (Å²) >= 11 is 0. The van der Waals surface area contributed by atoms with Gasteiger partial charge in [-0.2, -0.15) is 0 Å². The zero-order valence-corrected chi connectivity index (χ0v) is 12.0. The predicted molar refractivity (Wildman–Crippen MR) is 81.3 cm³/mol. The summed E-state index contributed by atoms with van der Waals surface area (Å²) in [5.74, 6) is 0.625. The monoisotopic (exact) mass is 284 g/mol. The van der Waals surface area contributed by atoms with Crippen LogP contribution in [-0.2, 0) is 9.59 Å². The standard InChI is InChI=1S/C17H20N2O2/c20-16-8-7-14-12-19(11-10-15(14)18-16)17(21)9-6-13-4-2-1-3-5-13/h1-6,9,14-15H,7-8,10-12H2,(H,18,20)/b9-6+. The maximum Gasteiger partial charge on any atom is 0.246 e. The van der Waals surface area contributed by atoms with Crippen molar-refractivity contribution in [2.24, 2.45) is 5.92 Å². The fraction of sp³-hybridized carbons (Fsp3) is 0.412. The first kappa shape index (κ1) is 13.9. The second-order valence-corrected chi connectivity index (χ2v) is 5.79. The summed E-state index contributed by atoms with van der Waals surface area (Å²) in [5, 5.41) is 3.04. The molecule has 2 unspecified atom stereocenters. The Hall–Kier alpha value is -2.10. The van der Waals surface area contributed by atoms with Crippen LogP contribution in [0, 0.1) is 5.92 Å². The second-order valence-electron chi connectivity index (χ2n) is 5.79. The quantitative estimate of drug-likeness (QED) is 0.842. The van der Waals surface area contributed by atoms with Gasteiger partial charge in [0.1, 0.15) is 0 Å². The van der Waals surface area contributed by atoms with E-state index in [1.54, 1.807) is 6.08 Å². The summed E-state index contributed by atoms with van der Waals surface area (Å²) in [7, 11) is 0. The number of likely N-dealkylation sites (tertiary alicyclic amines) is 1. The summed E-state index contributed by atoms with van der Waals surface area (Å²) in [6.45, 7) is 1.47. The van der Waals surface area contributed by atoms with Crippen molar-refractivity contribution < 1.29 is 9.59 Å². The molecule has 0 aliphatic carbocycles. The molecule has 3 rings (SSSR count). The van der Waals surface area contributed by atoms with E-state index in [0.29, 0.717) is 12.3 Å². The minimum absolute atomic E-state index is 0.0641. The average Bonchev–Trinajstić information content (AvgIpc) is 2.53. The maximum atomic E-state index is 12.3. The van der Waals surface area contributed by atoms with Gasteiger partial charge in [0.25, 0.3) is 0 Å². The van der Waals surface area contributed by atoms with Gasteiger partial charge in [-0.25, -0.2) is 0 Å². The predicted octanol–water partition coefficient (Wildman–Crippen LogP) is 1.83. The fourth-order valence-corrected chi connectivity index (χ4v) is 3.15. The number of benzene rings is 1. The maximum absolute atomic E-state index is 12.3. The normalized spacial score (nSPS) is 25.5. The van der Waals surface area contributed by atoms with E-state index in [1.165, 1.54) is 0 Å². The Balaban J connectivity index is 1.59. The third-order valence-corrected chi connectivity index (χ3v) is 4.35. The van der Waals surface area contributed by atoms with E-state index in [1.807, 2.05) is 41.3 Å². The van der Waals surface area contributed by atoms with Crippen LogP contribution < -0.4 is 5.32 Å². The van der Waals surface area contributed by atoms with Crippen molar-refractivity contribution in [3.05, 3.63) is 42.0 Å². The molecule has 2 aliphatic heterocycles.